The van der Waals surface area contributed by atoms with Crippen molar-refractivity contribution >= 4 is 16.7 Å². The van der Waals surface area contributed by atoms with Crippen molar-refractivity contribution in [3.63, 3.8) is 0 Å². The van der Waals surface area contributed by atoms with Crippen LogP contribution < -0.4 is 0 Å². The number of nitrogens with one attached hydrogen (secondary N) is 1. The first-order valence-corrected chi connectivity index (χ1v) is 5.48. The molecule has 1 aromatic heterocycles. The van der Waals surface area contributed by atoms with Gasteiger partial charge in [0.1, 0.15) is 5.82 Å². The van der Waals surface area contributed by atoms with Gasteiger partial charge in [0.25, 0.3) is 0 Å². The number of benzene rings is 1. The molecule has 0 atom stereocenters. The van der Waals surface area contributed by atoms with E-state index in [-0.39, 0.29) is 11.6 Å². The molecule has 17 heavy (non-hydrogen) atoms. The Kier molecular flexibility index (Phi) is 2.97. The Bertz CT molecular complexity index is 619. The standard InChI is InChI=1S/C14H12FNO/c1-3-5-13(17)14-10(4-2)11-8-9(15)6-7-12(11)16-14/h2,6-8,16H,3,5H2,1H3. The van der Waals surface area contributed by atoms with E-state index in [0.717, 1.165) is 6.42 Å². The summed E-state index contributed by atoms with van der Waals surface area (Å²) in [5.74, 6) is 2.08. The van der Waals surface area contributed by atoms with Gasteiger partial charge in [-0.05, 0) is 24.6 Å². The number of carbonyl (C=O) groups excluding carboxylic acids is 1. The third-order valence-electron chi connectivity index (χ3n) is 2.66. The number of hydrogen-bond acceptors (Lipinski definition) is 1. The maximum Gasteiger partial charge on any atom is 0.180 e. The van der Waals surface area contributed by atoms with Crippen LogP contribution >= 0.6 is 0 Å². The molecule has 3 heteroatoms. The molecule has 86 valence electrons. The van der Waals surface area contributed by atoms with Crippen molar-refractivity contribution in [1.29, 1.82) is 0 Å². The molecule has 2 aromatic rings. The van der Waals surface area contributed by atoms with E-state index in [2.05, 4.69) is 10.9 Å². The van der Waals surface area contributed by atoms with Gasteiger partial charge >= 0.3 is 0 Å². The Morgan fingerprint density at radius 1 is 1.53 bits per heavy atom. The number of halogens is 1. The topological polar surface area (TPSA) is 32.9 Å². The molecule has 0 bridgehead atoms. The summed E-state index contributed by atoms with van der Waals surface area (Å²) in [5.41, 5.74) is 1.56. The van der Waals surface area contributed by atoms with Crippen molar-refractivity contribution in [2.45, 2.75) is 19.8 Å². The highest BCUT2D eigenvalue weighted by atomic mass is 19.1. The molecule has 0 fully saturated rings. The fourth-order valence-electron chi connectivity index (χ4n) is 1.88. The van der Waals surface area contributed by atoms with Crippen LogP contribution in [0.15, 0.2) is 18.2 Å². The molecule has 0 aliphatic heterocycles. The molecule has 1 N–H and O–H groups in total. The van der Waals surface area contributed by atoms with Crippen LogP contribution in [0.5, 0.6) is 0 Å². The van der Waals surface area contributed by atoms with Crippen molar-refractivity contribution in [3.8, 4) is 12.3 Å². The van der Waals surface area contributed by atoms with E-state index in [1.54, 1.807) is 6.07 Å². The largest absolute Gasteiger partial charge is 0.351 e. The van der Waals surface area contributed by atoms with Gasteiger partial charge in [-0.2, -0.15) is 0 Å². The van der Waals surface area contributed by atoms with Gasteiger partial charge in [-0.3, -0.25) is 4.79 Å². The number of carbonyl (C=O) groups is 1. The van der Waals surface area contributed by atoms with Gasteiger partial charge in [0, 0.05) is 17.3 Å². The minimum atomic E-state index is -0.359. The first-order chi connectivity index (χ1) is 8.17. The number of terminal acetylenes is 1. The lowest BCUT2D eigenvalue weighted by Gasteiger charge is -1.96. The Balaban J connectivity index is 2.65. The second-order valence-corrected chi connectivity index (χ2v) is 3.88. The minimum absolute atomic E-state index is 0.0305. The summed E-state index contributed by atoms with van der Waals surface area (Å²) in [4.78, 5) is 14.8. The van der Waals surface area contributed by atoms with Crippen molar-refractivity contribution in [1.82, 2.24) is 4.98 Å². The lowest BCUT2D eigenvalue weighted by atomic mass is 10.1. The molecule has 0 unspecified atom stereocenters. The van der Waals surface area contributed by atoms with Crippen molar-refractivity contribution in [2.24, 2.45) is 0 Å². The summed E-state index contributed by atoms with van der Waals surface area (Å²) in [6.45, 7) is 1.93. The Labute approximate surface area is 98.8 Å². The number of ketones is 1. The van der Waals surface area contributed by atoms with E-state index < -0.39 is 0 Å². The minimum Gasteiger partial charge on any atom is -0.351 e. The Morgan fingerprint density at radius 2 is 2.29 bits per heavy atom. The van der Waals surface area contributed by atoms with Gasteiger partial charge in [-0.15, -0.1) is 6.42 Å². The van der Waals surface area contributed by atoms with Crippen LogP contribution in [0.25, 0.3) is 10.9 Å². The normalized spacial score (nSPS) is 10.4. The van der Waals surface area contributed by atoms with E-state index in [1.807, 2.05) is 6.92 Å². The number of hydrogen-bond donors (Lipinski definition) is 1. The molecule has 0 saturated carbocycles. The van der Waals surface area contributed by atoms with E-state index in [4.69, 9.17) is 6.42 Å². The highest BCUT2D eigenvalue weighted by Crippen LogP contribution is 2.23. The van der Waals surface area contributed by atoms with Gasteiger partial charge in [0.15, 0.2) is 5.78 Å². The molecule has 0 spiro atoms. The van der Waals surface area contributed by atoms with Crippen LogP contribution in [0, 0.1) is 18.2 Å². The molecule has 0 aliphatic rings. The van der Waals surface area contributed by atoms with E-state index >= 15 is 0 Å². The van der Waals surface area contributed by atoms with Crippen LogP contribution in [-0.2, 0) is 0 Å². The molecule has 0 radical (unpaired) electrons. The van der Waals surface area contributed by atoms with Crippen LogP contribution in [0.4, 0.5) is 4.39 Å². The van der Waals surface area contributed by atoms with Gasteiger partial charge < -0.3 is 4.98 Å². The maximum absolute atomic E-state index is 13.1. The SMILES string of the molecule is C#Cc1c(C(=O)CCC)[nH]c2ccc(F)cc12. The molecule has 2 nitrogen and oxygen atoms in total. The summed E-state index contributed by atoms with van der Waals surface area (Å²) in [7, 11) is 0. The maximum atomic E-state index is 13.1. The van der Waals surface area contributed by atoms with Crippen LogP contribution in [0.2, 0.25) is 0 Å². The molecule has 1 heterocycles. The second kappa shape index (κ2) is 4.42. The summed E-state index contributed by atoms with van der Waals surface area (Å²) in [6, 6.07) is 4.28. The number of aromatic nitrogens is 1. The number of fused-ring (bicyclic) bond motifs is 1. The third-order valence-corrected chi connectivity index (χ3v) is 2.66. The average molecular weight is 229 g/mol. The van der Waals surface area contributed by atoms with E-state index in [1.165, 1.54) is 12.1 Å². The predicted molar refractivity (Wildman–Crippen MR) is 65.4 cm³/mol. The zero-order chi connectivity index (χ0) is 12.4. The van der Waals surface area contributed by atoms with Gasteiger partial charge in [0.2, 0.25) is 0 Å². The molecular weight excluding hydrogens is 217 g/mol. The second-order valence-electron chi connectivity index (χ2n) is 3.88. The zero-order valence-corrected chi connectivity index (χ0v) is 9.51. The third kappa shape index (κ3) is 1.94. The first-order valence-electron chi connectivity index (χ1n) is 5.48. The molecule has 2 rings (SSSR count). The predicted octanol–water partition coefficient (Wildman–Crippen LogP) is 3.27. The molecule has 1 aromatic carbocycles. The zero-order valence-electron chi connectivity index (χ0n) is 9.51. The lowest BCUT2D eigenvalue weighted by molar-refractivity contribution is 0.0977. The number of rotatable bonds is 3. The molecule has 0 saturated heterocycles. The first kappa shape index (κ1) is 11.4. The molecule has 0 amide bonds. The highest BCUT2D eigenvalue weighted by Gasteiger charge is 2.15. The lowest BCUT2D eigenvalue weighted by Crippen LogP contribution is -2.00. The highest BCUT2D eigenvalue weighted by molar-refractivity contribution is 6.03. The van der Waals surface area contributed by atoms with Crippen molar-refractivity contribution in [2.75, 3.05) is 0 Å². The Morgan fingerprint density at radius 3 is 2.94 bits per heavy atom. The number of aromatic amines is 1. The van der Waals surface area contributed by atoms with Crippen LogP contribution in [0.1, 0.15) is 35.8 Å². The van der Waals surface area contributed by atoms with Gasteiger partial charge in [0.05, 0.1) is 11.3 Å². The van der Waals surface area contributed by atoms with Crippen LogP contribution in [0.3, 0.4) is 0 Å². The smallest absolute Gasteiger partial charge is 0.180 e. The molecule has 0 aliphatic carbocycles. The summed E-state index contributed by atoms with van der Waals surface area (Å²) < 4.78 is 13.1. The number of H-pyrrole nitrogens is 1. The summed E-state index contributed by atoms with van der Waals surface area (Å²) in [5, 5.41) is 0.590. The Hall–Kier alpha value is -2.08. The summed E-state index contributed by atoms with van der Waals surface area (Å²) in [6.07, 6.45) is 6.59. The average Bonchev–Trinajstić information content (AvgIpc) is 2.67. The fraction of sp³-hybridized carbons (Fsp3) is 0.214. The summed E-state index contributed by atoms with van der Waals surface area (Å²) >= 11 is 0. The van der Waals surface area contributed by atoms with Gasteiger partial charge in [-0.1, -0.05) is 12.8 Å². The van der Waals surface area contributed by atoms with Gasteiger partial charge in [-0.25, -0.2) is 4.39 Å². The molecular formula is C14H12FNO. The van der Waals surface area contributed by atoms with E-state index in [9.17, 15) is 9.18 Å². The van der Waals surface area contributed by atoms with Crippen LogP contribution in [-0.4, -0.2) is 10.8 Å². The quantitative estimate of drug-likeness (QED) is 0.636. The monoisotopic (exact) mass is 229 g/mol. The number of Topliss-reactive ketones (excluding diaryl/α,β-unsaturated/α-hetero) is 1. The van der Waals surface area contributed by atoms with Crippen molar-refractivity contribution < 1.29 is 9.18 Å². The van der Waals surface area contributed by atoms with E-state index in [0.29, 0.717) is 28.6 Å². The van der Waals surface area contributed by atoms with Crippen molar-refractivity contribution in [3.05, 3.63) is 35.3 Å². The fourth-order valence-corrected chi connectivity index (χ4v) is 1.88.